The zero-order valence-electron chi connectivity index (χ0n) is 20.8. The quantitative estimate of drug-likeness (QED) is 0.386. The fraction of sp³-hybridized carbons (Fsp3) is 0.286. The number of carbonyl (C=O) groups excluding carboxylic acids is 1. The van der Waals surface area contributed by atoms with Crippen LogP contribution in [0.2, 0.25) is 0 Å². The summed E-state index contributed by atoms with van der Waals surface area (Å²) in [5, 5.41) is 3.56. The molecule has 190 valence electrons. The normalized spacial score (nSPS) is 15.2. The van der Waals surface area contributed by atoms with Gasteiger partial charge in [0.2, 0.25) is 5.90 Å². The van der Waals surface area contributed by atoms with Gasteiger partial charge in [0.1, 0.15) is 11.8 Å². The van der Waals surface area contributed by atoms with Crippen molar-refractivity contribution in [2.75, 3.05) is 6.54 Å². The number of halogens is 2. The van der Waals surface area contributed by atoms with Gasteiger partial charge in [0, 0.05) is 42.8 Å². The highest BCUT2D eigenvalue weighted by Gasteiger charge is 2.27. The van der Waals surface area contributed by atoms with Gasteiger partial charge in [0.05, 0.1) is 17.6 Å². The standard InChI is InChI=1S/C28H27F2N5O2/c1-16(2)26-25(27(36)33-13-18-6-7-21(29)22(30)9-18)20-14-32-23(28-34-11-17(3)37-28)10-24(20)35(26)15-19-5-4-8-31-12-19/h4-10,12,14,16-17H,11,13,15H2,1-3H3,(H,33,36). The maximum Gasteiger partial charge on any atom is 0.254 e. The second-order valence-electron chi connectivity index (χ2n) is 9.45. The minimum Gasteiger partial charge on any atom is -0.471 e. The van der Waals surface area contributed by atoms with E-state index < -0.39 is 11.6 Å². The number of nitrogens with one attached hydrogen (secondary N) is 1. The second-order valence-corrected chi connectivity index (χ2v) is 9.45. The van der Waals surface area contributed by atoms with Gasteiger partial charge in [0.15, 0.2) is 11.6 Å². The average Bonchev–Trinajstić information content (AvgIpc) is 3.46. The molecule has 0 bridgehead atoms. The van der Waals surface area contributed by atoms with Crippen molar-refractivity contribution in [2.24, 2.45) is 4.99 Å². The molecule has 1 atom stereocenters. The molecule has 0 fully saturated rings. The molecule has 4 heterocycles. The first-order chi connectivity index (χ1) is 17.8. The topological polar surface area (TPSA) is 81.4 Å². The van der Waals surface area contributed by atoms with Gasteiger partial charge in [-0.1, -0.05) is 26.0 Å². The highest BCUT2D eigenvalue weighted by atomic mass is 19.2. The summed E-state index contributed by atoms with van der Waals surface area (Å²) in [5.41, 5.74) is 4.20. The lowest BCUT2D eigenvalue weighted by molar-refractivity contribution is 0.0951. The van der Waals surface area contributed by atoms with Gasteiger partial charge in [-0.25, -0.2) is 13.8 Å². The highest BCUT2D eigenvalue weighted by molar-refractivity contribution is 6.09. The summed E-state index contributed by atoms with van der Waals surface area (Å²) in [7, 11) is 0. The van der Waals surface area contributed by atoms with Crippen molar-refractivity contribution in [3.8, 4) is 0 Å². The Balaban J connectivity index is 1.59. The molecular formula is C28H27F2N5O2. The van der Waals surface area contributed by atoms with Crippen LogP contribution < -0.4 is 5.32 Å². The summed E-state index contributed by atoms with van der Waals surface area (Å²) in [5.74, 6) is -1.72. The third kappa shape index (κ3) is 4.94. The predicted molar refractivity (Wildman–Crippen MR) is 137 cm³/mol. The molecule has 0 saturated carbocycles. The molecule has 0 saturated heterocycles. The number of fused-ring (bicyclic) bond motifs is 1. The van der Waals surface area contributed by atoms with Crippen LogP contribution >= 0.6 is 0 Å². The Labute approximate surface area is 213 Å². The van der Waals surface area contributed by atoms with E-state index in [1.165, 1.54) is 6.07 Å². The second kappa shape index (κ2) is 10.1. The fourth-order valence-corrected chi connectivity index (χ4v) is 4.60. The van der Waals surface area contributed by atoms with E-state index in [0.717, 1.165) is 28.9 Å². The van der Waals surface area contributed by atoms with E-state index >= 15 is 0 Å². The molecule has 1 aliphatic heterocycles. The van der Waals surface area contributed by atoms with Crippen LogP contribution in [0, 0.1) is 11.6 Å². The number of pyridine rings is 2. The first kappa shape index (κ1) is 24.5. The first-order valence-electron chi connectivity index (χ1n) is 12.2. The molecule has 37 heavy (non-hydrogen) atoms. The lowest BCUT2D eigenvalue weighted by Crippen LogP contribution is -2.24. The largest absolute Gasteiger partial charge is 0.471 e. The Morgan fingerprint density at radius 3 is 2.68 bits per heavy atom. The van der Waals surface area contributed by atoms with Crippen molar-refractivity contribution in [2.45, 2.75) is 45.9 Å². The minimum atomic E-state index is -0.953. The fourth-order valence-electron chi connectivity index (χ4n) is 4.60. The van der Waals surface area contributed by atoms with Gasteiger partial charge >= 0.3 is 0 Å². The Morgan fingerprint density at radius 2 is 2.00 bits per heavy atom. The number of ether oxygens (including phenoxy) is 1. The van der Waals surface area contributed by atoms with Crippen LogP contribution in [-0.4, -0.2) is 39.0 Å². The first-order valence-corrected chi connectivity index (χ1v) is 12.2. The minimum absolute atomic E-state index is 0.00312. The van der Waals surface area contributed by atoms with Crippen LogP contribution in [0.4, 0.5) is 8.78 Å². The lowest BCUT2D eigenvalue weighted by Gasteiger charge is -2.15. The van der Waals surface area contributed by atoms with Crippen molar-refractivity contribution >= 4 is 22.7 Å². The van der Waals surface area contributed by atoms with Gasteiger partial charge in [-0.05, 0) is 48.2 Å². The zero-order valence-corrected chi connectivity index (χ0v) is 20.8. The average molecular weight is 504 g/mol. The number of aliphatic imine (C=N–C) groups is 1. The van der Waals surface area contributed by atoms with Gasteiger partial charge in [0.25, 0.3) is 5.91 Å². The number of hydrogen-bond donors (Lipinski definition) is 1. The summed E-state index contributed by atoms with van der Waals surface area (Å²) in [6, 6.07) is 9.35. The molecule has 1 N–H and O–H groups in total. The number of rotatable bonds is 7. The van der Waals surface area contributed by atoms with E-state index in [2.05, 4.69) is 24.8 Å². The van der Waals surface area contributed by atoms with Gasteiger partial charge < -0.3 is 14.6 Å². The molecular weight excluding hydrogens is 476 g/mol. The molecule has 7 nitrogen and oxygen atoms in total. The molecule has 1 amide bonds. The van der Waals surface area contributed by atoms with Crippen molar-refractivity contribution < 1.29 is 18.3 Å². The number of hydrogen-bond acceptors (Lipinski definition) is 5. The molecule has 9 heteroatoms. The lowest BCUT2D eigenvalue weighted by atomic mass is 10.0. The maximum atomic E-state index is 13.7. The molecule has 3 aromatic heterocycles. The SMILES string of the molecule is CC1CN=C(c2cc3c(cn2)c(C(=O)NCc2ccc(F)c(F)c2)c(C(C)C)n3Cc2cccnc2)O1. The van der Waals surface area contributed by atoms with Crippen LogP contribution in [0.25, 0.3) is 10.9 Å². The number of nitrogens with zero attached hydrogens (tertiary/aromatic N) is 4. The molecule has 1 unspecified atom stereocenters. The summed E-state index contributed by atoms with van der Waals surface area (Å²) >= 11 is 0. The molecule has 5 rings (SSSR count). The number of aromatic nitrogens is 3. The Kier molecular flexibility index (Phi) is 6.69. The summed E-state index contributed by atoms with van der Waals surface area (Å²) in [6.07, 6.45) is 5.18. The zero-order chi connectivity index (χ0) is 26.1. The third-order valence-electron chi connectivity index (χ3n) is 6.29. The van der Waals surface area contributed by atoms with Crippen molar-refractivity contribution in [3.63, 3.8) is 0 Å². The van der Waals surface area contributed by atoms with Crippen molar-refractivity contribution in [1.82, 2.24) is 19.9 Å². The molecule has 4 aromatic rings. The summed E-state index contributed by atoms with van der Waals surface area (Å²) < 4.78 is 34.9. The van der Waals surface area contributed by atoms with Gasteiger partial charge in [-0.2, -0.15) is 0 Å². The highest BCUT2D eigenvalue weighted by Crippen LogP contribution is 2.33. The predicted octanol–water partition coefficient (Wildman–Crippen LogP) is 4.98. The van der Waals surface area contributed by atoms with E-state index in [4.69, 9.17) is 4.74 Å². The van der Waals surface area contributed by atoms with Gasteiger partial charge in [-0.3, -0.25) is 14.8 Å². The molecule has 0 aliphatic carbocycles. The van der Waals surface area contributed by atoms with E-state index in [1.54, 1.807) is 18.6 Å². The van der Waals surface area contributed by atoms with E-state index in [0.29, 0.717) is 41.2 Å². The molecule has 0 spiro atoms. The van der Waals surface area contributed by atoms with E-state index in [1.807, 2.05) is 39.0 Å². The molecule has 1 aliphatic rings. The Bertz CT molecular complexity index is 1500. The number of benzene rings is 1. The van der Waals surface area contributed by atoms with E-state index in [-0.39, 0.29) is 24.5 Å². The van der Waals surface area contributed by atoms with Crippen LogP contribution in [0.15, 0.2) is 60.0 Å². The summed E-state index contributed by atoms with van der Waals surface area (Å²) in [4.78, 5) is 26.9. The summed E-state index contributed by atoms with van der Waals surface area (Å²) in [6.45, 7) is 7.13. The van der Waals surface area contributed by atoms with Crippen LogP contribution in [0.5, 0.6) is 0 Å². The van der Waals surface area contributed by atoms with Crippen LogP contribution in [0.3, 0.4) is 0 Å². The van der Waals surface area contributed by atoms with Crippen molar-refractivity contribution in [3.05, 3.63) is 94.7 Å². The van der Waals surface area contributed by atoms with Crippen molar-refractivity contribution in [1.29, 1.82) is 0 Å². The van der Waals surface area contributed by atoms with Crippen LogP contribution in [0.1, 0.15) is 59.6 Å². The Hall–Kier alpha value is -4.14. The van der Waals surface area contributed by atoms with Gasteiger partial charge in [-0.15, -0.1) is 0 Å². The van der Waals surface area contributed by atoms with Crippen LogP contribution in [-0.2, 0) is 17.8 Å². The monoisotopic (exact) mass is 503 g/mol. The molecule has 0 radical (unpaired) electrons. The van der Waals surface area contributed by atoms with E-state index in [9.17, 15) is 13.6 Å². The molecule has 1 aromatic carbocycles. The Morgan fingerprint density at radius 1 is 1.16 bits per heavy atom. The maximum absolute atomic E-state index is 13.7. The smallest absolute Gasteiger partial charge is 0.254 e. The number of carbonyl (C=O) groups is 1. The third-order valence-corrected chi connectivity index (χ3v) is 6.29. The number of amides is 1.